The number of carbonyl (C=O) groups excluding carboxylic acids is 1. The van der Waals surface area contributed by atoms with Gasteiger partial charge in [0.1, 0.15) is 18.1 Å². The van der Waals surface area contributed by atoms with E-state index in [0.29, 0.717) is 48.0 Å². The van der Waals surface area contributed by atoms with Gasteiger partial charge < -0.3 is 36.1 Å². The van der Waals surface area contributed by atoms with Crippen LogP contribution in [0.3, 0.4) is 0 Å². The summed E-state index contributed by atoms with van der Waals surface area (Å²) in [4.78, 5) is 12.9. The summed E-state index contributed by atoms with van der Waals surface area (Å²) in [5.41, 5.74) is 3.10. The molecule has 3 aliphatic rings. The lowest BCUT2D eigenvalue weighted by molar-refractivity contribution is 0.239. The standard InChI is InChI=1S/C31H41ClN6O3/c1-2-40-29-16-26-24(15-27(29)38-31(39)37-21-8-4-3-5-9-21)30(20(17-33)18-35-26)36-22-11-12-28(25(32)14-22)41-19-23-10-6-7-13-34-23/h11-12,14-16,20-21,23,30,34-36H,2-10,13,18-19H2,1H3,(H2,37,38,39). The Morgan fingerprint density at radius 3 is 2.63 bits per heavy atom. The number of benzene rings is 2. The van der Waals surface area contributed by atoms with Gasteiger partial charge in [-0.15, -0.1) is 0 Å². The minimum atomic E-state index is -0.351. The Morgan fingerprint density at radius 1 is 1.07 bits per heavy atom. The second-order valence-electron chi connectivity index (χ2n) is 11.1. The molecule has 9 nitrogen and oxygen atoms in total. The van der Waals surface area contributed by atoms with Crippen molar-refractivity contribution in [1.29, 1.82) is 5.26 Å². The fourth-order valence-electron chi connectivity index (χ4n) is 5.97. The van der Waals surface area contributed by atoms with Crippen LogP contribution in [0.25, 0.3) is 0 Å². The molecule has 1 saturated carbocycles. The molecule has 1 aliphatic carbocycles. The molecular weight excluding hydrogens is 540 g/mol. The molecule has 3 unspecified atom stereocenters. The molecule has 2 fully saturated rings. The molecular formula is C31H41ClN6O3. The van der Waals surface area contributed by atoms with Crippen LogP contribution < -0.4 is 36.1 Å². The zero-order chi connectivity index (χ0) is 28.6. The highest BCUT2D eigenvalue weighted by molar-refractivity contribution is 6.32. The Kier molecular flexibility index (Phi) is 9.97. The number of nitrogens with zero attached hydrogens (tertiary/aromatic N) is 1. The van der Waals surface area contributed by atoms with E-state index in [-0.39, 0.29) is 24.0 Å². The SMILES string of the molecule is CCOc1cc2c(cc1NC(=O)NC1CCCCC1)C(Nc1ccc(OCC3CCCCN3)c(Cl)c1)C(C#N)CN2. The van der Waals surface area contributed by atoms with Crippen molar-refractivity contribution in [3.63, 3.8) is 0 Å². The van der Waals surface area contributed by atoms with E-state index in [1.54, 1.807) is 0 Å². The average Bonchev–Trinajstić information content (AvgIpc) is 2.98. The Labute approximate surface area is 247 Å². The van der Waals surface area contributed by atoms with Gasteiger partial charge in [-0.1, -0.05) is 37.3 Å². The van der Waals surface area contributed by atoms with E-state index in [4.69, 9.17) is 21.1 Å². The number of carbonyl (C=O) groups is 1. The van der Waals surface area contributed by atoms with Crippen molar-refractivity contribution < 1.29 is 14.3 Å². The van der Waals surface area contributed by atoms with Gasteiger partial charge in [0.25, 0.3) is 0 Å². The second kappa shape index (κ2) is 14.0. The highest BCUT2D eigenvalue weighted by Crippen LogP contribution is 2.42. The highest BCUT2D eigenvalue weighted by atomic mass is 35.5. The van der Waals surface area contributed by atoms with Crippen LogP contribution in [0.2, 0.25) is 5.02 Å². The summed E-state index contributed by atoms with van der Waals surface area (Å²) in [7, 11) is 0. The fourth-order valence-corrected chi connectivity index (χ4v) is 6.20. The minimum absolute atomic E-state index is 0.187. The number of hydrogen-bond donors (Lipinski definition) is 5. The number of ether oxygens (including phenoxy) is 2. The molecule has 2 heterocycles. The summed E-state index contributed by atoms with van der Waals surface area (Å²) in [6.07, 6.45) is 9.02. The zero-order valence-electron chi connectivity index (χ0n) is 23.7. The third-order valence-electron chi connectivity index (χ3n) is 8.16. The summed E-state index contributed by atoms with van der Waals surface area (Å²) in [6, 6.07) is 11.8. The molecule has 2 amide bonds. The number of nitrogens with one attached hydrogen (secondary N) is 5. The summed E-state index contributed by atoms with van der Waals surface area (Å²) in [5.74, 6) is 0.879. The van der Waals surface area contributed by atoms with Crippen LogP contribution in [0.1, 0.15) is 69.9 Å². The lowest BCUT2D eigenvalue weighted by Gasteiger charge is -2.33. The molecule has 2 aromatic carbocycles. The van der Waals surface area contributed by atoms with Gasteiger partial charge in [0.05, 0.1) is 35.3 Å². The highest BCUT2D eigenvalue weighted by Gasteiger charge is 2.32. The largest absolute Gasteiger partial charge is 0.492 e. The molecule has 10 heteroatoms. The van der Waals surface area contributed by atoms with Gasteiger partial charge in [-0.25, -0.2) is 4.79 Å². The monoisotopic (exact) mass is 580 g/mol. The van der Waals surface area contributed by atoms with Gasteiger partial charge in [0.2, 0.25) is 0 Å². The number of rotatable bonds is 9. The van der Waals surface area contributed by atoms with Crippen LogP contribution in [-0.4, -0.2) is 44.4 Å². The predicted molar refractivity (Wildman–Crippen MR) is 163 cm³/mol. The number of hydrogen-bond acceptors (Lipinski definition) is 7. The quantitative estimate of drug-likeness (QED) is 0.232. The summed E-state index contributed by atoms with van der Waals surface area (Å²) in [5, 5.41) is 27.0. The Hall–Kier alpha value is -3.35. The third kappa shape index (κ3) is 7.49. The van der Waals surface area contributed by atoms with Gasteiger partial charge >= 0.3 is 6.03 Å². The molecule has 5 N–H and O–H groups in total. The third-order valence-corrected chi connectivity index (χ3v) is 8.46. The molecule has 0 aromatic heterocycles. The molecule has 3 atom stereocenters. The number of piperidine rings is 1. The molecule has 1 saturated heterocycles. The molecule has 2 aliphatic heterocycles. The molecule has 0 radical (unpaired) electrons. The van der Waals surface area contributed by atoms with Gasteiger partial charge in [-0.05, 0) is 63.4 Å². The van der Waals surface area contributed by atoms with Crippen LogP contribution in [0.15, 0.2) is 30.3 Å². The van der Waals surface area contributed by atoms with Crippen LogP contribution in [0.4, 0.5) is 21.9 Å². The zero-order valence-corrected chi connectivity index (χ0v) is 24.5. The van der Waals surface area contributed by atoms with Crippen LogP contribution in [-0.2, 0) is 0 Å². The summed E-state index contributed by atoms with van der Waals surface area (Å²) in [6.45, 7) is 4.46. The Morgan fingerprint density at radius 2 is 1.90 bits per heavy atom. The first-order chi connectivity index (χ1) is 20.0. The van der Waals surface area contributed by atoms with Gasteiger partial charge in [0.15, 0.2) is 0 Å². The topological polar surface area (TPSA) is 119 Å². The normalized spacial score (nSPS) is 22.4. The molecule has 5 rings (SSSR count). The maximum atomic E-state index is 12.9. The number of urea groups is 1. The lowest BCUT2D eigenvalue weighted by Crippen LogP contribution is -2.39. The van der Waals surface area contributed by atoms with Crippen molar-refractivity contribution in [1.82, 2.24) is 10.6 Å². The molecule has 0 bridgehead atoms. The molecule has 220 valence electrons. The van der Waals surface area contributed by atoms with Crippen molar-refractivity contribution in [2.75, 3.05) is 42.3 Å². The first-order valence-electron chi connectivity index (χ1n) is 15.0. The van der Waals surface area contributed by atoms with Crippen molar-refractivity contribution in [2.45, 2.75) is 76.4 Å². The number of amides is 2. The summed E-state index contributed by atoms with van der Waals surface area (Å²) >= 11 is 6.62. The van der Waals surface area contributed by atoms with Crippen molar-refractivity contribution in [2.24, 2.45) is 5.92 Å². The molecule has 0 spiro atoms. The van der Waals surface area contributed by atoms with E-state index in [0.717, 1.165) is 55.6 Å². The first-order valence-corrected chi connectivity index (χ1v) is 15.4. The fraction of sp³-hybridized carbons (Fsp3) is 0.548. The number of fused-ring (bicyclic) bond motifs is 1. The lowest BCUT2D eigenvalue weighted by atomic mass is 9.88. The van der Waals surface area contributed by atoms with Crippen molar-refractivity contribution >= 4 is 34.7 Å². The predicted octanol–water partition coefficient (Wildman–Crippen LogP) is 6.43. The van der Waals surface area contributed by atoms with E-state index in [1.165, 1.54) is 19.3 Å². The summed E-state index contributed by atoms with van der Waals surface area (Å²) < 4.78 is 11.9. The van der Waals surface area contributed by atoms with E-state index in [9.17, 15) is 10.1 Å². The maximum absolute atomic E-state index is 12.9. The number of nitriles is 1. The average molecular weight is 581 g/mol. The van der Waals surface area contributed by atoms with E-state index in [1.807, 2.05) is 37.3 Å². The number of halogens is 1. The van der Waals surface area contributed by atoms with Crippen molar-refractivity contribution in [3.8, 4) is 17.6 Å². The van der Waals surface area contributed by atoms with Crippen molar-refractivity contribution in [3.05, 3.63) is 40.9 Å². The van der Waals surface area contributed by atoms with Crippen LogP contribution >= 0.6 is 11.6 Å². The van der Waals surface area contributed by atoms with Gasteiger partial charge in [0, 0.05) is 41.6 Å². The van der Waals surface area contributed by atoms with E-state index in [2.05, 4.69) is 32.7 Å². The minimum Gasteiger partial charge on any atom is -0.492 e. The first kappa shape index (κ1) is 29.2. The van der Waals surface area contributed by atoms with Gasteiger partial charge in [-0.3, -0.25) is 0 Å². The van der Waals surface area contributed by atoms with Gasteiger partial charge in [-0.2, -0.15) is 5.26 Å². The molecule has 2 aromatic rings. The maximum Gasteiger partial charge on any atom is 0.319 e. The second-order valence-corrected chi connectivity index (χ2v) is 11.6. The van der Waals surface area contributed by atoms with Crippen LogP contribution in [0, 0.1) is 17.2 Å². The van der Waals surface area contributed by atoms with E-state index < -0.39 is 0 Å². The van der Waals surface area contributed by atoms with Crippen LogP contribution in [0.5, 0.6) is 11.5 Å². The number of anilines is 3. The van der Waals surface area contributed by atoms with E-state index >= 15 is 0 Å². The Bertz CT molecular complexity index is 1240. The molecule has 41 heavy (non-hydrogen) atoms. The smallest absolute Gasteiger partial charge is 0.319 e. The Balaban J connectivity index is 1.33.